The van der Waals surface area contributed by atoms with Crippen molar-refractivity contribution in [3.8, 4) is 0 Å². The van der Waals surface area contributed by atoms with Crippen LogP contribution in [-0.4, -0.2) is 34.5 Å². The number of carbonyl (C=O) groups is 2. The second-order valence-corrected chi connectivity index (χ2v) is 5.38. The molecule has 0 saturated heterocycles. The molecular weight excluding hydrogens is 242 g/mol. The second-order valence-electron chi connectivity index (χ2n) is 5.38. The number of imide groups is 1. The normalized spacial score (nSPS) is 26.7. The summed E-state index contributed by atoms with van der Waals surface area (Å²) in [6.45, 7) is 0.341. The van der Waals surface area contributed by atoms with Crippen LogP contribution in [0.3, 0.4) is 0 Å². The van der Waals surface area contributed by atoms with E-state index < -0.39 is 6.10 Å². The van der Waals surface area contributed by atoms with Gasteiger partial charge in [-0.1, -0.05) is 25.0 Å². The molecule has 2 atom stereocenters. The molecule has 0 bridgehead atoms. The average Bonchev–Trinajstić information content (AvgIpc) is 2.67. The predicted octanol–water partition coefficient (Wildman–Crippen LogP) is 1.83. The van der Waals surface area contributed by atoms with E-state index in [9.17, 15) is 14.7 Å². The fourth-order valence-corrected chi connectivity index (χ4v) is 3.04. The van der Waals surface area contributed by atoms with Crippen LogP contribution in [0, 0.1) is 5.92 Å². The predicted molar refractivity (Wildman–Crippen MR) is 69.8 cm³/mol. The molecule has 1 aliphatic heterocycles. The van der Waals surface area contributed by atoms with Gasteiger partial charge in [-0.15, -0.1) is 0 Å². The number of hydrogen-bond acceptors (Lipinski definition) is 3. The van der Waals surface area contributed by atoms with E-state index in [0.717, 1.165) is 25.7 Å². The molecule has 3 rings (SSSR count). The fraction of sp³-hybridized carbons (Fsp3) is 0.467. The number of rotatable bonds is 2. The van der Waals surface area contributed by atoms with E-state index in [1.807, 2.05) is 0 Å². The highest BCUT2D eigenvalue weighted by atomic mass is 16.3. The van der Waals surface area contributed by atoms with Crippen molar-refractivity contribution in [2.24, 2.45) is 5.92 Å². The molecule has 0 unspecified atom stereocenters. The van der Waals surface area contributed by atoms with Gasteiger partial charge in [0.15, 0.2) is 0 Å². The Bertz CT molecular complexity index is 491. The lowest BCUT2D eigenvalue weighted by Gasteiger charge is -2.30. The molecule has 19 heavy (non-hydrogen) atoms. The van der Waals surface area contributed by atoms with Crippen LogP contribution in [0.25, 0.3) is 0 Å². The van der Waals surface area contributed by atoms with E-state index in [0.29, 0.717) is 17.7 Å². The molecule has 2 aliphatic rings. The van der Waals surface area contributed by atoms with Crippen LogP contribution in [0.4, 0.5) is 0 Å². The summed E-state index contributed by atoms with van der Waals surface area (Å²) in [5.41, 5.74) is 0.968. The molecule has 4 heteroatoms. The zero-order chi connectivity index (χ0) is 13.4. The summed E-state index contributed by atoms with van der Waals surface area (Å²) in [6.07, 6.45) is 3.35. The van der Waals surface area contributed by atoms with Gasteiger partial charge in [0, 0.05) is 12.5 Å². The molecule has 2 amide bonds. The van der Waals surface area contributed by atoms with E-state index in [4.69, 9.17) is 0 Å². The highest BCUT2D eigenvalue weighted by molar-refractivity contribution is 6.21. The van der Waals surface area contributed by atoms with Crippen LogP contribution in [0.15, 0.2) is 24.3 Å². The molecule has 1 N–H and O–H groups in total. The first kappa shape index (κ1) is 12.4. The zero-order valence-corrected chi connectivity index (χ0v) is 10.7. The molecule has 1 fully saturated rings. The molecule has 1 aromatic rings. The summed E-state index contributed by atoms with van der Waals surface area (Å²) in [5.74, 6) is -0.423. The first-order chi connectivity index (χ1) is 9.18. The number of benzene rings is 1. The Morgan fingerprint density at radius 1 is 1.05 bits per heavy atom. The van der Waals surface area contributed by atoms with E-state index in [1.54, 1.807) is 24.3 Å². The molecule has 4 nitrogen and oxygen atoms in total. The maximum Gasteiger partial charge on any atom is 0.261 e. The third-order valence-corrected chi connectivity index (χ3v) is 4.16. The van der Waals surface area contributed by atoms with Crippen molar-refractivity contribution in [3.05, 3.63) is 35.4 Å². The number of nitrogens with zero attached hydrogens (tertiary/aromatic N) is 1. The lowest BCUT2D eigenvalue weighted by atomic mass is 9.86. The Morgan fingerprint density at radius 2 is 1.63 bits per heavy atom. The number of aliphatic hydroxyl groups excluding tert-OH is 1. The Hall–Kier alpha value is -1.68. The van der Waals surface area contributed by atoms with Gasteiger partial charge in [0.25, 0.3) is 11.8 Å². The van der Waals surface area contributed by atoms with Crippen molar-refractivity contribution in [2.45, 2.75) is 31.8 Å². The first-order valence-electron chi connectivity index (χ1n) is 6.82. The molecule has 0 aromatic heterocycles. The molecule has 1 aromatic carbocycles. The molecule has 0 radical (unpaired) electrons. The lowest BCUT2D eigenvalue weighted by molar-refractivity contribution is 0.0388. The second kappa shape index (κ2) is 4.78. The number of fused-ring (bicyclic) bond motifs is 1. The highest BCUT2D eigenvalue weighted by Crippen LogP contribution is 2.29. The third-order valence-electron chi connectivity index (χ3n) is 4.16. The standard InChI is InChI=1S/C15H17NO3/c17-13-8-4-1-5-10(13)9-16-14(18)11-6-2-3-7-12(11)15(16)19/h2-3,6-7,10,13,17H,1,4-5,8-9H2/t10-,13-/m0/s1. The maximum atomic E-state index is 12.2. The summed E-state index contributed by atoms with van der Waals surface area (Å²) in [4.78, 5) is 25.7. The van der Waals surface area contributed by atoms with Gasteiger partial charge in [-0.05, 0) is 25.0 Å². The van der Waals surface area contributed by atoms with Crippen LogP contribution < -0.4 is 0 Å². The summed E-state index contributed by atoms with van der Waals surface area (Å²) >= 11 is 0. The van der Waals surface area contributed by atoms with Crippen LogP contribution in [-0.2, 0) is 0 Å². The van der Waals surface area contributed by atoms with Gasteiger partial charge in [0.2, 0.25) is 0 Å². The smallest absolute Gasteiger partial charge is 0.261 e. The van der Waals surface area contributed by atoms with Gasteiger partial charge in [0.05, 0.1) is 17.2 Å². The van der Waals surface area contributed by atoms with Crippen molar-refractivity contribution >= 4 is 11.8 Å². The molecule has 1 aliphatic carbocycles. The van der Waals surface area contributed by atoms with Crippen LogP contribution in [0.2, 0.25) is 0 Å². The lowest BCUT2D eigenvalue weighted by Crippen LogP contribution is -2.39. The Balaban J connectivity index is 1.80. The van der Waals surface area contributed by atoms with Crippen LogP contribution in [0.1, 0.15) is 46.4 Å². The summed E-state index contributed by atoms with van der Waals surface area (Å²) < 4.78 is 0. The van der Waals surface area contributed by atoms with Crippen molar-refractivity contribution in [1.29, 1.82) is 0 Å². The Morgan fingerprint density at radius 3 is 2.21 bits per heavy atom. The van der Waals surface area contributed by atoms with E-state index in [2.05, 4.69) is 0 Å². The Labute approximate surface area is 112 Å². The third kappa shape index (κ3) is 2.06. The van der Waals surface area contributed by atoms with E-state index >= 15 is 0 Å². The van der Waals surface area contributed by atoms with Crippen molar-refractivity contribution < 1.29 is 14.7 Å². The number of aliphatic hydroxyl groups is 1. The average molecular weight is 259 g/mol. The van der Waals surface area contributed by atoms with Crippen molar-refractivity contribution in [2.75, 3.05) is 6.54 Å². The summed E-state index contributed by atoms with van der Waals surface area (Å²) in [6, 6.07) is 6.91. The van der Waals surface area contributed by atoms with Gasteiger partial charge < -0.3 is 5.11 Å². The highest BCUT2D eigenvalue weighted by Gasteiger charge is 2.37. The van der Waals surface area contributed by atoms with E-state index in [1.165, 1.54) is 4.90 Å². The largest absolute Gasteiger partial charge is 0.393 e. The minimum Gasteiger partial charge on any atom is -0.393 e. The van der Waals surface area contributed by atoms with Crippen LogP contribution >= 0.6 is 0 Å². The van der Waals surface area contributed by atoms with Gasteiger partial charge in [0.1, 0.15) is 0 Å². The molecule has 1 saturated carbocycles. The van der Waals surface area contributed by atoms with Gasteiger partial charge in [-0.25, -0.2) is 0 Å². The topological polar surface area (TPSA) is 57.6 Å². The minimum absolute atomic E-state index is 0.0240. The summed E-state index contributed by atoms with van der Waals surface area (Å²) in [5, 5.41) is 9.97. The minimum atomic E-state index is -0.391. The Kier molecular flexibility index (Phi) is 3.11. The summed E-state index contributed by atoms with van der Waals surface area (Å²) in [7, 11) is 0. The van der Waals surface area contributed by atoms with Gasteiger partial charge in [-0.2, -0.15) is 0 Å². The fourth-order valence-electron chi connectivity index (χ4n) is 3.04. The number of hydrogen-bond donors (Lipinski definition) is 1. The molecule has 1 heterocycles. The SMILES string of the molecule is O=C1c2ccccc2C(=O)N1C[C@@H]1CCCC[C@@H]1O. The van der Waals surface area contributed by atoms with Gasteiger partial charge >= 0.3 is 0 Å². The zero-order valence-electron chi connectivity index (χ0n) is 10.7. The monoisotopic (exact) mass is 259 g/mol. The van der Waals surface area contributed by atoms with Crippen molar-refractivity contribution in [3.63, 3.8) is 0 Å². The van der Waals surface area contributed by atoms with E-state index in [-0.39, 0.29) is 17.7 Å². The molecule has 0 spiro atoms. The van der Waals surface area contributed by atoms with Crippen LogP contribution in [0.5, 0.6) is 0 Å². The quantitative estimate of drug-likeness (QED) is 0.824. The first-order valence-corrected chi connectivity index (χ1v) is 6.82. The molecular formula is C15H17NO3. The maximum absolute atomic E-state index is 12.2. The number of carbonyl (C=O) groups excluding carboxylic acids is 2. The molecule has 100 valence electrons. The van der Waals surface area contributed by atoms with Crippen molar-refractivity contribution in [1.82, 2.24) is 4.90 Å². The van der Waals surface area contributed by atoms with Gasteiger partial charge in [-0.3, -0.25) is 14.5 Å². The number of amides is 2.